The first-order chi connectivity index (χ1) is 16.7. The van der Waals surface area contributed by atoms with Crippen LogP contribution in [0, 0.1) is 0 Å². The molecule has 2 saturated heterocycles. The molecule has 1 saturated carbocycles. The Bertz CT molecular complexity index is 1140. The van der Waals surface area contributed by atoms with E-state index in [0.717, 1.165) is 79.5 Å². The molecular weight excluding hydrogens is 424 g/mol. The predicted octanol–water partition coefficient (Wildman–Crippen LogP) is 5.05. The number of amides is 1. The number of hydrogen-bond acceptors (Lipinski definition) is 4. The summed E-state index contributed by atoms with van der Waals surface area (Å²) >= 11 is 0. The van der Waals surface area contributed by atoms with Crippen LogP contribution in [0.15, 0.2) is 48.8 Å². The fourth-order valence-electron chi connectivity index (χ4n) is 5.76. The molecule has 1 aliphatic carbocycles. The van der Waals surface area contributed by atoms with Crippen LogP contribution in [0.25, 0.3) is 16.7 Å². The number of rotatable bonds is 5. The molecule has 6 heteroatoms. The van der Waals surface area contributed by atoms with Crippen molar-refractivity contribution in [3.63, 3.8) is 0 Å². The fourth-order valence-corrected chi connectivity index (χ4v) is 5.76. The van der Waals surface area contributed by atoms with E-state index in [1.54, 1.807) is 0 Å². The average Bonchev–Trinajstić information content (AvgIpc) is 3.28. The normalized spacial score (nSPS) is 20.4. The number of likely N-dealkylation sites (tertiary alicyclic amines) is 2. The van der Waals surface area contributed by atoms with Crippen molar-refractivity contribution in [2.75, 3.05) is 26.2 Å². The first-order valence-electron chi connectivity index (χ1n) is 13.0. The highest BCUT2D eigenvalue weighted by Crippen LogP contribution is 2.27. The van der Waals surface area contributed by atoms with Gasteiger partial charge in [0.25, 0.3) is 5.91 Å². The van der Waals surface area contributed by atoms with E-state index in [2.05, 4.69) is 20.5 Å². The Kier molecular flexibility index (Phi) is 6.00. The zero-order valence-corrected chi connectivity index (χ0v) is 19.9. The summed E-state index contributed by atoms with van der Waals surface area (Å²) in [5.74, 6) is 1.83. The van der Waals surface area contributed by atoms with Crippen molar-refractivity contribution in [1.29, 1.82) is 0 Å². The molecule has 0 radical (unpaired) electrons. The largest absolute Gasteiger partial charge is 0.489 e. The highest BCUT2D eigenvalue weighted by molar-refractivity contribution is 5.98. The van der Waals surface area contributed by atoms with Crippen molar-refractivity contribution in [3.8, 4) is 11.6 Å². The van der Waals surface area contributed by atoms with Crippen molar-refractivity contribution < 1.29 is 9.53 Å². The predicted molar refractivity (Wildman–Crippen MR) is 134 cm³/mol. The van der Waals surface area contributed by atoms with Crippen molar-refractivity contribution in [2.24, 2.45) is 0 Å². The lowest BCUT2D eigenvalue weighted by Gasteiger charge is -2.39. The minimum atomic E-state index is 0.130. The van der Waals surface area contributed by atoms with E-state index in [-0.39, 0.29) is 12.0 Å². The summed E-state index contributed by atoms with van der Waals surface area (Å²) in [5.41, 5.74) is 1.81. The van der Waals surface area contributed by atoms with Gasteiger partial charge in [-0.3, -0.25) is 4.79 Å². The van der Waals surface area contributed by atoms with Crippen molar-refractivity contribution in [3.05, 3.63) is 54.4 Å². The standard InChI is InChI=1S/C28H34N4O2/c33-28(31-14-4-15-31)22-7-9-26-21(19-22)11-18-32(26)27-10-8-25(20-29-27)34-24-12-16-30(17-13-24)23-5-2-1-3-6-23/h7-11,18-20,23-24H,1-6,12-17H2. The van der Waals surface area contributed by atoms with Crippen LogP contribution in [0.2, 0.25) is 0 Å². The third-order valence-corrected chi connectivity index (χ3v) is 7.92. The molecule has 34 heavy (non-hydrogen) atoms. The van der Waals surface area contributed by atoms with Gasteiger partial charge in [-0.15, -0.1) is 0 Å². The van der Waals surface area contributed by atoms with Crippen LogP contribution in [0.3, 0.4) is 0 Å². The number of piperidine rings is 1. The van der Waals surface area contributed by atoms with Gasteiger partial charge in [0.2, 0.25) is 0 Å². The first-order valence-corrected chi connectivity index (χ1v) is 13.0. The maximum absolute atomic E-state index is 12.5. The van der Waals surface area contributed by atoms with E-state index in [9.17, 15) is 4.79 Å². The number of nitrogens with zero attached hydrogens (tertiary/aromatic N) is 4. The second kappa shape index (κ2) is 9.41. The Hall–Kier alpha value is -2.86. The Labute approximate surface area is 201 Å². The van der Waals surface area contributed by atoms with Crippen molar-refractivity contribution in [2.45, 2.75) is 63.5 Å². The monoisotopic (exact) mass is 458 g/mol. The van der Waals surface area contributed by atoms with Gasteiger partial charge >= 0.3 is 0 Å². The zero-order chi connectivity index (χ0) is 22.9. The quantitative estimate of drug-likeness (QED) is 0.537. The van der Waals surface area contributed by atoms with Gasteiger partial charge in [-0.25, -0.2) is 4.98 Å². The molecular formula is C28H34N4O2. The lowest BCUT2D eigenvalue weighted by molar-refractivity contribution is 0.0628. The number of fused-ring (bicyclic) bond motifs is 1. The second-order valence-electron chi connectivity index (χ2n) is 10.1. The SMILES string of the molecule is O=C(c1ccc2c(ccn2-c2ccc(OC3CCN(C4CCCCC4)CC3)cn2)c1)N1CCC1. The summed E-state index contributed by atoms with van der Waals surface area (Å²) < 4.78 is 8.36. The Morgan fingerprint density at radius 2 is 1.71 bits per heavy atom. The molecule has 0 atom stereocenters. The van der Waals surface area contributed by atoms with Gasteiger partial charge < -0.3 is 19.1 Å². The van der Waals surface area contributed by atoms with Crippen LogP contribution >= 0.6 is 0 Å². The number of ether oxygens (including phenoxy) is 1. The fraction of sp³-hybridized carbons (Fsp3) is 0.500. The van der Waals surface area contributed by atoms with Gasteiger partial charge in [0, 0.05) is 49.4 Å². The van der Waals surface area contributed by atoms with E-state index in [1.807, 2.05) is 47.6 Å². The summed E-state index contributed by atoms with van der Waals surface area (Å²) in [6.45, 7) is 4.04. The van der Waals surface area contributed by atoms with Gasteiger partial charge in [0.1, 0.15) is 17.7 Å². The molecule has 3 aliphatic rings. The lowest BCUT2D eigenvalue weighted by atomic mass is 9.92. The molecule has 2 aromatic heterocycles. The molecule has 178 valence electrons. The maximum Gasteiger partial charge on any atom is 0.253 e. The number of carbonyl (C=O) groups excluding carboxylic acids is 1. The smallest absolute Gasteiger partial charge is 0.253 e. The minimum absolute atomic E-state index is 0.130. The highest BCUT2D eigenvalue weighted by atomic mass is 16.5. The van der Waals surface area contributed by atoms with E-state index in [4.69, 9.17) is 4.74 Å². The lowest BCUT2D eigenvalue weighted by Crippen LogP contribution is -2.44. The molecule has 0 spiro atoms. The zero-order valence-electron chi connectivity index (χ0n) is 19.9. The molecule has 1 amide bonds. The van der Waals surface area contributed by atoms with Crippen LogP contribution in [-0.2, 0) is 0 Å². The molecule has 4 heterocycles. The van der Waals surface area contributed by atoms with E-state index in [0.29, 0.717) is 0 Å². The Morgan fingerprint density at radius 1 is 0.882 bits per heavy atom. The molecule has 6 rings (SSSR count). The summed E-state index contributed by atoms with van der Waals surface area (Å²) in [6, 6.07) is 12.8. The average molecular weight is 459 g/mol. The summed E-state index contributed by atoms with van der Waals surface area (Å²) in [7, 11) is 0. The minimum Gasteiger partial charge on any atom is -0.489 e. The van der Waals surface area contributed by atoms with Crippen LogP contribution in [-0.4, -0.2) is 63.6 Å². The van der Waals surface area contributed by atoms with Gasteiger partial charge in [-0.1, -0.05) is 19.3 Å². The van der Waals surface area contributed by atoms with E-state index < -0.39 is 0 Å². The van der Waals surface area contributed by atoms with Crippen LogP contribution < -0.4 is 4.74 Å². The van der Waals surface area contributed by atoms with Gasteiger partial charge in [-0.05, 0) is 68.5 Å². The van der Waals surface area contributed by atoms with Gasteiger partial charge in [0.15, 0.2) is 0 Å². The summed E-state index contributed by atoms with van der Waals surface area (Å²) in [5, 5.41) is 1.05. The van der Waals surface area contributed by atoms with Crippen molar-refractivity contribution in [1.82, 2.24) is 19.4 Å². The molecule has 6 nitrogen and oxygen atoms in total. The molecule has 3 fully saturated rings. The maximum atomic E-state index is 12.5. The van der Waals surface area contributed by atoms with E-state index >= 15 is 0 Å². The van der Waals surface area contributed by atoms with Crippen LogP contribution in [0.5, 0.6) is 5.75 Å². The van der Waals surface area contributed by atoms with Crippen LogP contribution in [0.1, 0.15) is 61.7 Å². The topological polar surface area (TPSA) is 50.6 Å². The van der Waals surface area contributed by atoms with E-state index in [1.165, 1.54) is 32.1 Å². The number of aromatic nitrogens is 2. The summed E-state index contributed by atoms with van der Waals surface area (Å²) in [4.78, 5) is 21.8. The molecule has 0 unspecified atom stereocenters. The third-order valence-electron chi connectivity index (χ3n) is 7.92. The highest BCUT2D eigenvalue weighted by Gasteiger charge is 2.27. The molecule has 0 bridgehead atoms. The molecule has 0 N–H and O–H groups in total. The Balaban J connectivity index is 1.09. The van der Waals surface area contributed by atoms with Gasteiger partial charge in [-0.2, -0.15) is 0 Å². The molecule has 3 aromatic rings. The van der Waals surface area contributed by atoms with Gasteiger partial charge in [0.05, 0.1) is 11.7 Å². The number of carbonyl (C=O) groups is 1. The van der Waals surface area contributed by atoms with Crippen molar-refractivity contribution >= 4 is 16.8 Å². The third kappa shape index (κ3) is 4.31. The summed E-state index contributed by atoms with van der Waals surface area (Å²) in [6.07, 6.45) is 14.4. The number of hydrogen-bond donors (Lipinski definition) is 0. The number of pyridine rings is 1. The Morgan fingerprint density at radius 3 is 2.41 bits per heavy atom. The first kappa shape index (κ1) is 21.7. The molecule has 2 aliphatic heterocycles. The number of benzene rings is 1. The second-order valence-corrected chi connectivity index (χ2v) is 10.1. The molecule has 1 aromatic carbocycles. The van der Waals surface area contributed by atoms with Crippen LogP contribution in [0.4, 0.5) is 0 Å².